The molecular formula is C12H16O4. The maximum Gasteiger partial charge on any atom is 0.302 e. The summed E-state index contributed by atoms with van der Waals surface area (Å²) in [5, 5.41) is 9.41. The number of aliphatic hydroxyl groups is 1. The first kappa shape index (κ1) is 12.4. The molecule has 0 radical (unpaired) electrons. The second-order valence-corrected chi connectivity index (χ2v) is 3.47. The van der Waals surface area contributed by atoms with Crippen molar-refractivity contribution in [1.29, 1.82) is 0 Å². The van der Waals surface area contributed by atoms with E-state index in [-0.39, 0.29) is 24.3 Å². The van der Waals surface area contributed by atoms with E-state index in [0.29, 0.717) is 12.2 Å². The Bertz CT molecular complexity index is 339. The van der Waals surface area contributed by atoms with Gasteiger partial charge in [0.05, 0.1) is 7.11 Å². The largest absolute Gasteiger partial charge is 0.504 e. The van der Waals surface area contributed by atoms with E-state index >= 15 is 0 Å². The summed E-state index contributed by atoms with van der Waals surface area (Å²) in [4.78, 5) is 10.5. The molecule has 1 aliphatic carbocycles. The Morgan fingerprint density at radius 1 is 1.69 bits per heavy atom. The van der Waals surface area contributed by atoms with E-state index < -0.39 is 0 Å². The van der Waals surface area contributed by atoms with Crippen molar-refractivity contribution in [2.75, 3.05) is 13.7 Å². The molecule has 4 heteroatoms. The summed E-state index contributed by atoms with van der Waals surface area (Å²) in [5.74, 6) is 0.622. The summed E-state index contributed by atoms with van der Waals surface area (Å²) < 4.78 is 9.80. The highest BCUT2D eigenvalue weighted by Gasteiger charge is 2.14. The van der Waals surface area contributed by atoms with Crippen molar-refractivity contribution in [3.05, 3.63) is 35.8 Å². The van der Waals surface area contributed by atoms with Crippen LogP contribution in [0.5, 0.6) is 0 Å². The number of esters is 1. The molecule has 1 rings (SSSR count). The fourth-order valence-corrected chi connectivity index (χ4v) is 1.41. The molecule has 1 atom stereocenters. The Balaban J connectivity index is 2.42. The van der Waals surface area contributed by atoms with Gasteiger partial charge in [0.1, 0.15) is 12.4 Å². The molecule has 0 aromatic heterocycles. The van der Waals surface area contributed by atoms with Crippen molar-refractivity contribution in [2.45, 2.75) is 13.3 Å². The monoisotopic (exact) mass is 224 g/mol. The fourth-order valence-electron chi connectivity index (χ4n) is 1.41. The first-order valence-electron chi connectivity index (χ1n) is 5.07. The third-order valence-electron chi connectivity index (χ3n) is 2.22. The van der Waals surface area contributed by atoms with Crippen LogP contribution in [-0.2, 0) is 14.3 Å². The van der Waals surface area contributed by atoms with Gasteiger partial charge in [0.15, 0.2) is 5.76 Å². The smallest absolute Gasteiger partial charge is 0.302 e. The van der Waals surface area contributed by atoms with E-state index in [1.54, 1.807) is 12.2 Å². The van der Waals surface area contributed by atoms with Crippen molar-refractivity contribution < 1.29 is 19.4 Å². The maximum absolute atomic E-state index is 10.5. The molecule has 1 aliphatic rings. The molecule has 1 N–H and O–H groups in total. The zero-order valence-corrected chi connectivity index (χ0v) is 9.47. The van der Waals surface area contributed by atoms with Crippen LogP contribution < -0.4 is 0 Å². The van der Waals surface area contributed by atoms with Crippen LogP contribution in [0.25, 0.3) is 0 Å². The van der Waals surface area contributed by atoms with Gasteiger partial charge in [-0.05, 0) is 6.08 Å². The van der Waals surface area contributed by atoms with Gasteiger partial charge in [-0.3, -0.25) is 4.79 Å². The highest BCUT2D eigenvalue weighted by Crippen LogP contribution is 2.23. The molecule has 0 aromatic rings. The average Bonchev–Trinajstić information content (AvgIpc) is 2.26. The number of carbonyl (C=O) groups excluding carboxylic acids is 1. The predicted molar refractivity (Wildman–Crippen MR) is 59.7 cm³/mol. The number of rotatable bonds is 4. The van der Waals surface area contributed by atoms with Gasteiger partial charge in [-0.15, -0.1) is 0 Å². The minimum Gasteiger partial charge on any atom is -0.504 e. The van der Waals surface area contributed by atoms with Crippen LogP contribution in [0.4, 0.5) is 0 Å². The van der Waals surface area contributed by atoms with Gasteiger partial charge in [0.25, 0.3) is 0 Å². The topological polar surface area (TPSA) is 55.8 Å². The Kier molecular flexibility index (Phi) is 4.64. The Morgan fingerprint density at radius 2 is 2.44 bits per heavy atom. The van der Waals surface area contributed by atoms with Crippen molar-refractivity contribution >= 4 is 5.97 Å². The van der Waals surface area contributed by atoms with Crippen LogP contribution in [-0.4, -0.2) is 24.8 Å². The summed E-state index contributed by atoms with van der Waals surface area (Å²) in [6, 6.07) is 0. The minimum atomic E-state index is -0.293. The lowest BCUT2D eigenvalue weighted by Crippen LogP contribution is -2.05. The quantitative estimate of drug-likeness (QED) is 0.587. The van der Waals surface area contributed by atoms with E-state index in [0.717, 1.165) is 0 Å². The van der Waals surface area contributed by atoms with Gasteiger partial charge in [-0.1, -0.05) is 18.2 Å². The number of hydrogen-bond donors (Lipinski definition) is 1. The third kappa shape index (κ3) is 3.81. The van der Waals surface area contributed by atoms with Gasteiger partial charge < -0.3 is 14.6 Å². The summed E-state index contributed by atoms with van der Waals surface area (Å²) in [6.07, 6.45) is 7.82. The molecule has 0 amide bonds. The van der Waals surface area contributed by atoms with E-state index in [1.165, 1.54) is 14.0 Å². The summed E-state index contributed by atoms with van der Waals surface area (Å²) in [5.41, 5.74) is 0. The van der Waals surface area contributed by atoms with Crippen LogP contribution in [0.2, 0.25) is 0 Å². The lowest BCUT2D eigenvalue weighted by Gasteiger charge is -2.16. The molecular weight excluding hydrogens is 208 g/mol. The number of carbonyl (C=O) groups is 1. The van der Waals surface area contributed by atoms with Crippen LogP contribution in [0.15, 0.2) is 35.8 Å². The van der Waals surface area contributed by atoms with E-state index in [9.17, 15) is 9.90 Å². The zero-order valence-electron chi connectivity index (χ0n) is 9.47. The van der Waals surface area contributed by atoms with Crippen molar-refractivity contribution in [3.63, 3.8) is 0 Å². The highest BCUT2D eigenvalue weighted by molar-refractivity contribution is 5.65. The van der Waals surface area contributed by atoms with Crippen LogP contribution in [0, 0.1) is 5.92 Å². The Morgan fingerprint density at radius 3 is 3.06 bits per heavy atom. The standard InChI is InChI=1S/C12H16O4/c1-9(13)16-7-3-4-10-5-6-11(14)12(8-10)15-2/h3-6,10,14H,7-8H2,1-2H3/b4-3+. The van der Waals surface area contributed by atoms with Crippen LogP contribution in [0.3, 0.4) is 0 Å². The number of aliphatic hydroxyl groups excluding tert-OH is 1. The third-order valence-corrected chi connectivity index (χ3v) is 2.22. The number of ether oxygens (including phenoxy) is 2. The molecule has 88 valence electrons. The SMILES string of the molecule is COC1=C(O)C=CC(/C=C/COC(C)=O)C1. The van der Waals surface area contributed by atoms with Crippen molar-refractivity contribution in [1.82, 2.24) is 0 Å². The van der Waals surface area contributed by atoms with E-state index in [2.05, 4.69) is 0 Å². The normalized spacial score (nSPS) is 20.2. The zero-order chi connectivity index (χ0) is 12.0. The highest BCUT2D eigenvalue weighted by atomic mass is 16.5. The predicted octanol–water partition coefficient (Wildman–Crippen LogP) is 2.10. The van der Waals surface area contributed by atoms with Gasteiger partial charge in [0.2, 0.25) is 0 Å². The van der Waals surface area contributed by atoms with Crippen LogP contribution in [0.1, 0.15) is 13.3 Å². The van der Waals surface area contributed by atoms with Crippen LogP contribution >= 0.6 is 0 Å². The maximum atomic E-state index is 10.5. The van der Waals surface area contributed by atoms with E-state index in [1.807, 2.05) is 12.2 Å². The first-order valence-corrected chi connectivity index (χ1v) is 5.07. The van der Waals surface area contributed by atoms with Gasteiger partial charge in [-0.2, -0.15) is 0 Å². The fraction of sp³-hybridized carbons (Fsp3) is 0.417. The van der Waals surface area contributed by atoms with Gasteiger partial charge in [0, 0.05) is 19.3 Å². The van der Waals surface area contributed by atoms with E-state index in [4.69, 9.17) is 9.47 Å². The molecule has 0 spiro atoms. The second-order valence-electron chi connectivity index (χ2n) is 3.47. The van der Waals surface area contributed by atoms with Gasteiger partial charge >= 0.3 is 5.97 Å². The lowest BCUT2D eigenvalue weighted by molar-refractivity contribution is -0.139. The first-order chi connectivity index (χ1) is 7.63. The summed E-state index contributed by atoms with van der Waals surface area (Å²) >= 11 is 0. The number of hydrogen-bond acceptors (Lipinski definition) is 4. The minimum absolute atomic E-state index is 0.168. The molecule has 0 saturated carbocycles. The van der Waals surface area contributed by atoms with Crippen molar-refractivity contribution in [2.24, 2.45) is 5.92 Å². The van der Waals surface area contributed by atoms with Gasteiger partial charge in [-0.25, -0.2) is 0 Å². The molecule has 0 aliphatic heterocycles. The molecule has 0 heterocycles. The average molecular weight is 224 g/mol. The number of allylic oxidation sites excluding steroid dienone is 4. The molecule has 0 aromatic carbocycles. The molecule has 4 nitrogen and oxygen atoms in total. The molecule has 0 fully saturated rings. The second kappa shape index (κ2) is 6.00. The Hall–Kier alpha value is -1.71. The summed E-state index contributed by atoms with van der Waals surface area (Å²) in [6.45, 7) is 1.65. The van der Waals surface area contributed by atoms with Crippen molar-refractivity contribution in [3.8, 4) is 0 Å². The summed E-state index contributed by atoms with van der Waals surface area (Å²) in [7, 11) is 1.53. The number of methoxy groups -OCH3 is 1. The molecule has 16 heavy (non-hydrogen) atoms. The molecule has 1 unspecified atom stereocenters. The molecule has 0 saturated heterocycles. The lowest BCUT2D eigenvalue weighted by atomic mass is 9.98. The Labute approximate surface area is 94.9 Å². The molecule has 0 bridgehead atoms.